The van der Waals surface area contributed by atoms with Crippen molar-refractivity contribution in [2.45, 2.75) is 39.9 Å². The van der Waals surface area contributed by atoms with E-state index in [4.69, 9.17) is 4.74 Å². The van der Waals surface area contributed by atoms with Gasteiger partial charge in [0.25, 0.3) is 0 Å². The van der Waals surface area contributed by atoms with Crippen molar-refractivity contribution in [1.29, 1.82) is 0 Å². The second-order valence-corrected chi connectivity index (χ2v) is 3.92. The van der Waals surface area contributed by atoms with Crippen LogP contribution in [0.3, 0.4) is 0 Å². The number of aryl methyl sites for hydroxylation is 2. The smallest absolute Gasteiger partial charge is 0.181 e. The van der Waals surface area contributed by atoms with E-state index in [0.29, 0.717) is 6.61 Å². The highest BCUT2D eigenvalue weighted by Gasteiger charge is 2.07. The van der Waals surface area contributed by atoms with Crippen LogP contribution < -0.4 is 0 Å². The molecule has 1 atom stereocenters. The lowest BCUT2D eigenvalue weighted by atomic mass is 10.1. The van der Waals surface area contributed by atoms with Gasteiger partial charge in [-0.3, -0.25) is 0 Å². The summed E-state index contributed by atoms with van der Waals surface area (Å²) in [5.74, 6) is 0. The standard InChI is InChI=1S/C13H20O2/c1-4-5-8-15-13(14)12-7-6-10(2)11(3)9-12/h6-7,9,13-14H,4-5,8H2,1-3H3. The van der Waals surface area contributed by atoms with Crippen LogP contribution in [0.4, 0.5) is 0 Å². The third kappa shape index (κ3) is 3.65. The van der Waals surface area contributed by atoms with Crippen molar-refractivity contribution in [3.63, 3.8) is 0 Å². The Morgan fingerprint density at radius 2 is 2.00 bits per heavy atom. The zero-order valence-electron chi connectivity index (χ0n) is 9.79. The molecule has 0 saturated carbocycles. The van der Waals surface area contributed by atoms with Crippen LogP contribution in [0.5, 0.6) is 0 Å². The van der Waals surface area contributed by atoms with E-state index in [-0.39, 0.29) is 0 Å². The predicted octanol–water partition coefficient (Wildman–Crippen LogP) is 3.11. The first-order chi connectivity index (χ1) is 7.15. The van der Waals surface area contributed by atoms with Gasteiger partial charge >= 0.3 is 0 Å². The molecule has 1 unspecified atom stereocenters. The van der Waals surface area contributed by atoms with Crippen LogP contribution in [0.25, 0.3) is 0 Å². The molecule has 84 valence electrons. The van der Waals surface area contributed by atoms with Gasteiger partial charge in [-0.1, -0.05) is 31.5 Å². The van der Waals surface area contributed by atoms with Crippen molar-refractivity contribution in [3.05, 3.63) is 34.9 Å². The number of benzene rings is 1. The van der Waals surface area contributed by atoms with Crippen LogP contribution in [0.15, 0.2) is 18.2 Å². The molecule has 0 saturated heterocycles. The molecule has 0 radical (unpaired) electrons. The van der Waals surface area contributed by atoms with E-state index in [0.717, 1.165) is 18.4 Å². The molecule has 0 amide bonds. The first-order valence-corrected chi connectivity index (χ1v) is 5.52. The summed E-state index contributed by atoms with van der Waals surface area (Å²) < 4.78 is 5.32. The normalized spacial score (nSPS) is 12.8. The maximum Gasteiger partial charge on any atom is 0.181 e. The van der Waals surface area contributed by atoms with Crippen molar-refractivity contribution in [1.82, 2.24) is 0 Å². The second kappa shape index (κ2) is 5.89. The molecule has 1 N–H and O–H groups in total. The van der Waals surface area contributed by atoms with Gasteiger partial charge in [0.1, 0.15) is 0 Å². The van der Waals surface area contributed by atoms with Gasteiger partial charge in [-0.25, -0.2) is 0 Å². The van der Waals surface area contributed by atoms with Crippen molar-refractivity contribution in [3.8, 4) is 0 Å². The Labute approximate surface area is 91.9 Å². The third-order valence-electron chi connectivity index (χ3n) is 2.59. The van der Waals surface area contributed by atoms with Gasteiger partial charge < -0.3 is 9.84 Å². The summed E-state index contributed by atoms with van der Waals surface area (Å²) in [7, 11) is 0. The summed E-state index contributed by atoms with van der Waals surface area (Å²) >= 11 is 0. The maximum absolute atomic E-state index is 9.74. The Kier molecular flexibility index (Phi) is 4.79. The quantitative estimate of drug-likeness (QED) is 0.595. The maximum atomic E-state index is 9.74. The van der Waals surface area contributed by atoms with Gasteiger partial charge in [0.15, 0.2) is 6.29 Å². The van der Waals surface area contributed by atoms with E-state index in [1.54, 1.807) is 0 Å². The van der Waals surface area contributed by atoms with Crippen LogP contribution in [0.1, 0.15) is 42.7 Å². The summed E-state index contributed by atoms with van der Waals surface area (Å²) in [6, 6.07) is 5.90. The minimum atomic E-state index is -0.782. The Bertz CT molecular complexity index is 307. The van der Waals surface area contributed by atoms with Gasteiger partial charge in [0.2, 0.25) is 0 Å². The van der Waals surface area contributed by atoms with Crippen molar-refractivity contribution < 1.29 is 9.84 Å². The topological polar surface area (TPSA) is 29.5 Å². The number of hydrogen-bond donors (Lipinski definition) is 1. The molecule has 0 heterocycles. The molecule has 1 aromatic rings. The number of hydrogen-bond acceptors (Lipinski definition) is 2. The lowest BCUT2D eigenvalue weighted by molar-refractivity contribution is -0.103. The van der Waals surface area contributed by atoms with Crippen LogP contribution >= 0.6 is 0 Å². The lowest BCUT2D eigenvalue weighted by Crippen LogP contribution is -2.05. The summed E-state index contributed by atoms with van der Waals surface area (Å²) in [6.45, 7) is 6.82. The first-order valence-electron chi connectivity index (χ1n) is 5.52. The third-order valence-corrected chi connectivity index (χ3v) is 2.59. The fraction of sp³-hybridized carbons (Fsp3) is 0.538. The van der Waals surface area contributed by atoms with Gasteiger partial charge in [-0.05, 0) is 31.4 Å². The van der Waals surface area contributed by atoms with Gasteiger partial charge in [0.05, 0.1) is 6.61 Å². The van der Waals surface area contributed by atoms with Crippen molar-refractivity contribution >= 4 is 0 Å². The number of rotatable bonds is 5. The van der Waals surface area contributed by atoms with Crippen molar-refractivity contribution in [2.24, 2.45) is 0 Å². The predicted molar refractivity (Wildman–Crippen MR) is 61.7 cm³/mol. The van der Waals surface area contributed by atoms with E-state index in [1.165, 1.54) is 11.1 Å². The molecule has 1 aromatic carbocycles. The Morgan fingerprint density at radius 1 is 1.27 bits per heavy atom. The van der Waals surface area contributed by atoms with Crippen LogP contribution in [0, 0.1) is 13.8 Å². The molecule has 1 rings (SSSR count). The SMILES string of the molecule is CCCCOC(O)c1ccc(C)c(C)c1. The minimum absolute atomic E-state index is 0.616. The van der Waals surface area contributed by atoms with Gasteiger partial charge in [-0.15, -0.1) is 0 Å². The minimum Gasteiger partial charge on any atom is -0.364 e. The molecule has 0 bridgehead atoms. The molecule has 0 aliphatic carbocycles. The molecule has 15 heavy (non-hydrogen) atoms. The Balaban J connectivity index is 2.57. The number of aliphatic hydroxyl groups is 1. The molecule has 0 aromatic heterocycles. The number of unbranched alkanes of at least 4 members (excludes halogenated alkanes) is 1. The average Bonchev–Trinajstić information content (AvgIpc) is 2.22. The molecule has 0 aliphatic rings. The Morgan fingerprint density at radius 3 is 2.60 bits per heavy atom. The summed E-state index contributed by atoms with van der Waals surface area (Å²) in [5.41, 5.74) is 3.26. The van der Waals surface area contributed by atoms with Crippen molar-refractivity contribution in [2.75, 3.05) is 6.61 Å². The van der Waals surface area contributed by atoms with E-state index in [9.17, 15) is 5.11 Å². The highest BCUT2D eigenvalue weighted by atomic mass is 16.6. The van der Waals surface area contributed by atoms with Gasteiger partial charge in [0, 0.05) is 5.56 Å². The van der Waals surface area contributed by atoms with Crippen LogP contribution in [-0.2, 0) is 4.74 Å². The fourth-order valence-electron chi connectivity index (χ4n) is 1.35. The first kappa shape index (κ1) is 12.2. The molecule has 2 nitrogen and oxygen atoms in total. The van der Waals surface area contributed by atoms with Crippen LogP contribution in [0.2, 0.25) is 0 Å². The van der Waals surface area contributed by atoms with E-state index < -0.39 is 6.29 Å². The average molecular weight is 208 g/mol. The zero-order chi connectivity index (χ0) is 11.3. The fourth-order valence-corrected chi connectivity index (χ4v) is 1.35. The van der Waals surface area contributed by atoms with E-state index >= 15 is 0 Å². The van der Waals surface area contributed by atoms with E-state index in [1.807, 2.05) is 25.1 Å². The largest absolute Gasteiger partial charge is 0.364 e. The molecule has 0 spiro atoms. The second-order valence-electron chi connectivity index (χ2n) is 3.92. The highest BCUT2D eigenvalue weighted by Crippen LogP contribution is 2.18. The lowest BCUT2D eigenvalue weighted by Gasteiger charge is -2.13. The molecule has 0 fully saturated rings. The molecular formula is C13H20O2. The molecular weight excluding hydrogens is 188 g/mol. The van der Waals surface area contributed by atoms with E-state index in [2.05, 4.69) is 13.8 Å². The number of ether oxygens (including phenoxy) is 1. The monoisotopic (exact) mass is 208 g/mol. The van der Waals surface area contributed by atoms with Gasteiger partial charge in [-0.2, -0.15) is 0 Å². The Hall–Kier alpha value is -0.860. The zero-order valence-corrected chi connectivity index (χ0v) is 9.79. The summed E-state index contributed by atoms with van der Waals surface area (Å²) in [4.78, 5) is 0. The summed E-state index contributed by atoms with van der Waals surface area (Å²) in [5, 5.41) is 9.74. The summed E-state index contributed by atoms with van der Waals surface area (Å²) in [6.07, 6.45) is 1.29. The number of aliphatic hydroxyl groups excluding tert-OH is 1. The molecule has 2 heteroatoms. The molecule has 0 aliphatic heterocycles. The highest BCUT2D eigenvalue weighted by molar-refractivity contribution is 5.30. The van der Waals surface area contributed by atoms with Crippen LogP contribution in [-0.4, -0.2) is 11.7 Å².